The van der Waals surface area contributed by atoms with Crippen molar-refractivity contribution in [2.24, 2.45) is 0 Å². The van der Waals surface area contributed by atoms with E-state index >= 15 is 0 Å². The van der Waals surface area contributed by atoms with Gasteiger partial charge in [-0.1, -0.05) is 167 Å². The summed E-state index contributed by atoms with van der Waals surface area (Å²) >= 11 is 0. The van der Waals surface area contributed by atoms with Crippen LogP contribution in [0.5, 0.6) is 0 Å². The van der Waals surface area contributed by atoms with E-state index < -0.39 is 11.9 Å². The third-order valence-corrected chi connectivity index (χ3v) is 8.30. The Morgan fingerprint density at radius 3 is 0.778 bits per heavy atom. The first-order valence-corrected chi connectivity index (χ1v) is 19.3. The molecule has 0 fully saturated rings. The van der Waals surface area contributed by atoms with Crippen LogP contribution in [0.15, 0.2) is 24.3 Å². The van der Waals surface area contributed by atoms with E-state index in [1.165, 1.54) is 167 Å². The number of unbranched alkanes of at least 4 members (excludes halogenated alkanes) is 26. The third kappa shape index (κ3) is 52.7. The molecule has 0 atom stereocenters. The van der Waals surface area contributed by atoms with Crippen LogP contribution < -0.4 is 0 Å². The summed E-state index contributed by atoms with van der Waals surface area (Å²) in [6.07, 6.45) is 48.3. The molecule has 5 heteroatoms. The van der Waals surface area contributed by atoms with Crippen molar-refractivity contribution in [3.8, 4) is 0 Å². The van der Waals surface area contributed by atoms with Crippen LogP contribution in [-0.2, 0) is 26.1 Å². The van der Waals surface area contributed by atoms with Gasteiger partial charge in [0.25, 0.3) is 0 Å². The number of carboxylic acids is 2. The van der Waals surface area contributed by atoms with Gasteiger partial charge < -0.3 is 10.2 Å². The molecule has 0 aliphatic carbocycles. The second-order valence-corrected chi connectivity index (χ2v) is 12.9. The zero-order valence-electron chi connectivity index (χ0n) is 30.0. The van der Waals surface area contributed by atoms with Crippen LogP contribution in [0.4, 0.5) is 0 Å². The van der Waals surface area contributed by atoms with Gasteiger partial charge >= 0.3 is 11.9 Å². The molecule has 0 aromatic rings. The molecule has 270 valence electrons. The van der Waals surface area contributed by atoms with Crippen molar-refractivity contribution in [3.63, 3.8) is 0 Å². The van der Waals surface area contributed by atoms with Gasteiger partial charge in [0.2, 0.25) is 0 Å². The van der Waals surface area contributed by atoms with Gasteiger partial charge in [0.1, 0.15) is 0 Å². The zero-order chi connectivity index (χ0) is 32.6. The number of hydrogen-bond acceptors (Lipinski definition) is 2. The molecule has 0 saturated heterocycles. The van der Waals surface area contributed by atoms with E-state index in [1.807, 2.05) is 0 Å². The molecule has 0 radical (unpaired) electrons. The van der Waals surface area contributed by atoms with E-state index in [2.05, 4.69) is 38.2 Å². The Hall–Kier alpha value is -1.09. The summed E-state index contributed by atoms with van der Waals surface area (Å²) < 4.78 is 0. The first-order chi connectivity index (χ1) is 21.5. The number of rotatable bonds is 34. The van der Waals surface area contributed by atoms with E-state index in [9.17, 15) is 9.59 Å². The quantitative estimate of drug-likeness (QED) is 0.0403. The fourth-order valence-corrected chi connectivity index (χ4v) is 5.40. The van der Waals surface area contributed by atoms with E-state index in [0.717, 1.165) is 25.7 Å². The minimum absolute atomic E-state index is 0. The fraction of sp³-hybridized carbons (Fsp3) is 0.850. The predicted octanol–water partition coefficient (Wildman–Crippen LogP) is 13.8. The molecule has 0 saturated carbocycles. The maximum absolute atomic E-state index is 10.4. The van der Waals surface area contributed by atoms with E-state index in [4.69, 9.17) is 10.2 Å². The molecule has 0 bridgehead atoms. The van der Waals surface area contributed by atoms with Crippen LogP contribution in [0.2, 0.25) is 0 Å². The van der Waals surface area contributed by atoms with Crippen LogP contribution >= 0.6 is 0 Å². The third-order valence-electron chi connectivity index (χ3n) is 8.30. The fourth-order valence-electron chi connectivity index (χ4n) is 5.40. The second-order valence-electron chi connectivity index (χ2n) is 12.9. The first-order valence-electron chi connectivity index (χ1n) is 19.3. The Morgan fingerprint density at radius 2 is 0.556 bits per heavy atom. The molecule has 45 heavy (non-hydrogen) atoms. The Balaban J connectivity index is -0.000000767. The minimum Gasteiger partial charge on any atom is -0.481 e. The van der Waals surface area contributed by atoms with Crippen molar-refractivity contribution >= 4 is 11.9 Å². The summed E-state index contributed by atoms with van der Waals surface area (Å²) in [6, 6.07) is 0. The molecule has 0 spiro atoms. The van der Waals surface area contributed by atoms with E-state index in [1.54, 1.807) is 0 Å². The molecular weight excluding hydrogens is 603 g/mol. The number of aliphatic carboxylic acids is 2. The topological polar surface area (TPSA) is 74.6 Å². The second kappa shape index (κ2) is 45.0. The van der Waals surface area contributed by atoms with Crippen LogP contribution in [0.3, 0.4) is 0 Å². The van der Waals surface area contributed by atoms with Crippen molar-refractivity contribution in [1.82, 2.24) is 0 Å². The molecule has 0 aromatic carbocycles. The molecule has 0 aliphatic heterocycles. The van der Waals surface area contributed by atoms with Crippen molar-refractivity contribution in [2.75, 3.05) is 0 Å². The monoisotopic (exact) mass is 679 g/mol. The molecule has 4 nitrogen and oxygen atoms in total. The molecule has 0 amide bonds. The van der Waals surface area contributed by atoms with Gasteiger partial charge in [-0.2, -0.15) is 0 Å². The number of carbonyl (C=O) groups is 2. The maximum atomic E-state index is 10.4. The van der Waals surface area contributed by atoms with Crippen molar-refractivity contribution in [1.29, 1.82) is 0 Å². The SMILES string of the molecule is CCCCCCCC/C=C\CCCCCCCCCC(=O)O.CCCCCCCC/C=C\CCCCCCCCCC(=O)O.[Ni]. The predicted molar refractivity (Wildman–Crippen MR) is 193 cm³/mol. The summed E-state index contributed by atoms with van der Waals surface area (Å²) in [6.45, 7) is 4.53. The van der Waals surface area contributed by atoms with Crippen LogP contribution in [0.25, 0.3) is 0 Å². The molecule has 0 aliphatic rings. The smallest absolute Gasteiger partial charge is 0.303 e. The molecular formula is C40H76NiO4. The van der Waals surface area contributed by atoms with Crippen molar-refractivity contribution in [3.05, 3.63) is 24.3 Å². The van der Waals surface area contributed by atoms with Crippen LogP contribution in [-0.4, -0.2) is 22.2 Å². The number of allylic oxidation sites excluding steroid dienone is 4. The van der Waals surface area contributed by atoms with Gasteiger partial charge in [0, 0.05) is 29.3 Å². The number of carboxylic acid groups (broad SMARTS) is 2. The normalized spacial score (nSPS) is 11.1. The van der Waals surface area contributed by atoms with Gasteiger partial charge in [-0.05, 0) is 64.2 Å². The Kier molecular flexibility index (Phi) is 48.4. The van der Waals surface area contributed by atoms with Crippen molar-refractivity contribution in [2.45, 2.75) is 219 Å². The molecule has 0 heterocycles. The Bertz CT molecular complexity index is 578. The van der Waals surface area contributed by atoms with Crippen LogP contribution in [0, 0.1) is 0 Å². The summed E-state index contributed by atoms with van der Waals surface area (Å²) in [5.74, 6) is -1.32. The molecule has 2 N–H and O–H groups in total. The minimum atomic E-state index is -0.659. The zero-order valence-corrected chi connectivity index (χ0v) is 31.0. The summed E-state index contributed by atoms with van der Waals surface area (Å²) in [7, 11) is 0. The largest absolute Gasteiger partial charge is 0.481 e. The van der Waals surface area contributed by atoms with Crippen molar-refractivity contribution < 1.29 is 36.3 Å². The Labute approximate surface area is 291 Å². The summed E-state index contributed by atoms with van der Waals surface area (Å²) in [5, 5.41) is 17.1. The first kappa shape index (κ1) is 48.3. The van der Waals surface area contributed by atoms with E-state index in [-0.39, 0.29) is 16.5 Å². The van der Waals surface area contributed by atoms with Gasteiger partial charge in [0.15, 0.2) is 0 Å². The van der Waals surface area contributed by atoms with Gasteiger partial charge in [-0.3, -0.25) is 9.59 Å². The standard InChI is InChI=1S/2C20H38O2.Ni/c2*1-2-3-4-5-6-7-8-9-10-11-12-13-14-15-16-17-18-19-20(21)22;/h2*9-10H,2-8,11-19H2,1H3,(H,21,22);/b2*10-9-;. The van der Waals surface area contributed by atoms with Gasteiger partial charge in [-0.25, -0.2) is 0 Å². The van der Waals surface area contributed by atoms with Gasteiger partial charge in [-0.15, -0.1) is 0 Å². The van der Waals surface area contributed by atoms with E-state index in [0.29, 0.717) is 12.8 Å². The summed E-state index contributed by atoms with van der Waals surface area (Å²) in [4.78, 5) is 20.7. The maximum Gasteiger partial charge on any atom is 0.303 e. The van der Waals surface area contributed by atoms with Gasteiger partial charge in [0.05, 0.1) is 0 Å². The summed E-state index contributed by atoms with van der Waals surface area (Å²) in [5.41, 5.74) is 0. The Morgan fingerprint density at radius 1 is 0.356 bits per heavy atom. The molecule has 0 rings (SSSR count). The average Bonchev–Trinajstić information content (AvgIpc) is 3.00. The van der Waals surface area contributed by atoms with Crippen LogP contribution in [0.1, 0.15) is 219 Å². The number of hydrogen-bond donors (Lipinski definition) is 2. The molecule has 0 unspecified atom stereocenters. The average molecular weight is 680 g/mol. The molecule has 0 aromatic heterocycles.